The fourth-order valence-electron chi connectivity index (χ4n) is 1.77. The summed E-state index contributed by atoms with van der Waals surface area (Å²) in [6, 6.07) is 5.08. The Kier molecular flexibility index (Phi) is 4.27. The summed E-state index contributed by atoms with van der Waals surface area (Å²) in [5.41, 5.74) is 2.48. The van der Waals surface area contributed by atoms with Crippen LogP contribution in [0.2, 0.25) is 5.02 Å². The first-order valence-electron chi connectivity index (χ1n) is 5.69. The highest BCUT2D eigenvalue weighted by Gasteiger charge is 2.11. The Labute approximate surface area is 124 Å². The van der Waals surface area contributed by atoms with E-state index in [4.69, 9.17) is 11.6 Å². The van der Waals surface area contributed by atoms with Gasteiger partial charge in [-0.3, -0.25) is 9.48 Å². The molecule has 6 heteroatoms. The minimum atomic E-state index is -0.146. The number of nitrogens with one attached hydrogen (secondary N) is 1. The van der Waals surface area contributed by atoms with Crippen molar-refractivity contribution in [2.45, 2.75) is 13.5 Å². The molecule has 0 atom stereocenters. The van der Waals surface area contributed by atoms with Crippen LogP contribution in [-0.2, 0) is 13.6 Å². The monoisotopic (exact) mass is 341 g/mol. The number of aryl methyl sites for hydroxylation is 2. The van der Waals surface area contributed by atoms with E-state index in [1.165, 1.54) is 0 Å². The largest absolute Gasteiger partial charge is 0.348 e. The van der Waals surface area contributed by atoms with Crippen LogP contribution in [-0.4, -0.2) is 15.7 Å². The van der Waals surface area contributed by atoms with Gasteiger partial charge < -0.3 is 5.32 Å². The minimum Gasteiger partial charge on any atom is -0.348 e. The maximum absolute atomic E-state index is 12.1. The van der Waals surface area contributed by atoms with Gasteiger partial charge in [-0.05, 0) is 41.1 Å². The predicted molar refractivity (Wildman–Crippen MR) is 78.3 cm³/mol. The zero-order valence-electron chi connectivity index (χ0n) is 10.6. The van der Waals surface area contributed by atoms with E-state index in [2.05, 4.69) is 26.3 Å². The number of halogens is 2. The Balaban J connectivity index is 2.07. The van der Waals surface area contributed by atoms with Gasteiger partial charge in [0.15, 0.2) is 0 Å². The molecule has 0 saturated heterocycles. The molecule has 0 aliphatic heterocycles. The van der Waals surface area contributed by atoms with Gasteiger partial charge in [0.25, 0.3) is 5.91 Å². The molecule has 0 bridgehead atoms. The average molecular weight is 343 g/mol. The number of carbonyl (C=O) groups is 1. The van der Waals surface area contributed by atoms with Crippen LogP contribution in [0.1, 0.15) is 21.6 Å². The van der Waals surface area contributed by atoms with Gasteiger partial charge in [-0.25, -0.2) is 0 Å². The lowest BCUT2D eigenvalue weighted by atomic mass is 10.2. The van der Waals surface area contributed by atoms with E-state index in [-0.39, 0.29) is 5.91 Å². The SMILES string of the molecule is Cc1nn(C)cc1CNC(=O)c1ccc(Cl)cc1Br. The quantitative estimate of drug-likeness (QED) is 0.932. The predicted octanol–water partition coefficient (Wildman–Crippen LogP) is 3.07. The molecule has 1 amide bonds. The molecule has 1 aromatic carbocycles. The van der Waals surface area contributed by atoms with Crippen LogP contribution in [0.4, 0.5) is 0 Å². The number of hydrogen-bond acceptors (Lipinski definition) is 2. The van der Waals surface area contributed by atoms with E-state index in [0.29, 0.717) is 21.6 Å². The highest BCUT2D eigenvalue weighted by molar-refractivity contribution is 9.10. The molecule has 0 aliphatic rings. The summed E-state index contributed by atoms with van der Waals surface area (Å²) < 4.78 is 2.41. The molecule has 1 N–H and O–H groups in total. The van der Waals surface area contributed by atoms with Gasteiger partial charge in [-0.15, -0.1) is 0 Å². The zero-order chi connectivity index (χ0) is 14.0. The molecule has 0 aliphatic carbocycles. The minimum absolute atomic E-state index is 0.146. The molecule has 0 spiro atoms. The van der Waals surface area contributed by atoms with Gasteiger partial charge in [0.1, 0.15) is 0 Å². The normalized spacial score (nSPS) is 10.5. The summed E-state index contributed by atoms with van der Waals surface area (Å²) in [7, 11) is 1.86. The van der Waals surface area contributed by atoms with Crippen molar-refractivity contribution in [1.82, 2.24) is 15.1 Å². The molecule has 4 nitrogen and oxygen atoms in total. The average Bonchev–Trinajstić information content (AvgIpc) is 2.65. The smallest absolute Gasteiger partial charge is 0.252 e. The summed E-state index contributed by atoms with van der Waals surface area (Å²) in [5.74, 6) is -0.146. The fourth-order valence-corrected chi connectivity index (χ4v) is 2.63. The first-order chi connectivity index (χ1) is 8.97. The summed E-state index contributed by atoms with van der Waals surface area (Å²) in [6.07, 6.45) is 1.90. The summed E-state index contributed by atoms with van der Waals surface area (Å²) in [5, 5.41) is 7.68. The number of aromatic nitrogens is 2. The first kappa shape index (κ1) is 14.1. The van der Waals surface area contributed by atoms with Crippen molar-refractivity contribution in [2.24, 2.45) is 7.05 Å². The summed E-state index contributed by atoms with van der Waals surface area (Å²) in [4.78, 5) is 12.1. The molecular weight excluding hydrogens is 330 g/mol. The standard InChI is InChI=1S/C13H13BrClN3O/c1-8-9(7-18(2)17-8)6-16-13(19)11-4-3-10(15)5-12(11)14/h3-5,7H,6H2,1-2H3,(H,16,19). The van der Waals surface area contributed by atoms with Crippen molar-refractivity contribution in [3.05, 3.63) is 50.7 Å². The molecule has 1 heterocycles. The maximum Gasteiger partial charge on any atom is 0.252 e. The lowest BCUT2D eigenvalue weighted by Gasteiger charge is -2.06. The zero-order valence-corrected chi connectivity index (χ0v) is 12.9. The van der Waals surface area contributed by atoms with Crippen molar-refractivity contribution < 1.29 is 4.79 Å². The Bertz CT molecular complexity index is 624. The highest BCUT2D eigenvalue weighted by atomic mass is 79.9. The van der Waals surface area contributed by atoms with Crippen LogP contribution in [0.5, 0.6) is 0 Å². The van der Waals surface area contributed by atoms with Gasteiger partial charge in [0, 0.05) is 34.8 Å². The second kappa shape index (κ2) is 5.75. The van der Waals surface area contributed by atoms with E-state index in [1.807, 2.05) is 20.2 Å². The third-order valence-electron chi connectivity index (χ3n) is 2.73. The van der Waals surface area contributed by atoms with Crippen LogP contribution in [0.3, 0.4) is 0 Å². The van der Waals surface area contributed by atoms with Gasteiger partial charge in [-0.2, -0.15) is 5.10 Å². The number of carbonyl (C=O) groups excluding carboxylic acids is 1. The van der Waals surface area contributed by atoms with Crippen molar-refractivity contribution in [1.29, 1.82) is 0 Å². The summed E-state index contributed by atoms with van der Waals surface area (Å²) in [6.45, 7) is 2.37. The van der Waals surface area contributed by atoms with Crippen LogP contribution >= 0.6 is 27.5 Å². The number of benzene rings is 1. The van der Waals surface area contributed by atoms with Gasteiger partial charge >= 0.3 is 0 Å². The van der Waals surface area contributed by atoms with Gasteiger partial charge in [0.2, 0.25) is 0 Å². The Morgan fingerprint density at radius 3 is 2.84 bits per heavy atom. The molecule has 2 rings (SSSR count). The van der Waals surface area contributed by atoms with Gasteiger partial charge in [0.05, 0.1) is 11.3 Å². The highest BCUT2D eigenvalue weighted by Crippen LogP contribution is 2.21. The van der Waals surface area contributed by atoms with Crippen molar-refractivity contribution in [3.8, 4) is 0 Å². The van der Waals surface area contributed by atoms with Crippen LogP contribution in [0.15, 0.2) is 28.9 Å². The van der Waals surface area contributed by atoms with Crippen LogP contribution in [0.25, 0.3) is 0 Å². The lowest BCUT2D eigenvalue weighted by Crippen LogP contribution is -2.23. The van der Waals surface area contributed by atoms with E-state index < -0.39 is 0 Å². The van der Waals surface area contributed by atoms with E-state index in [1.54, 1.807) is 22.9 Å². The maximum atomic E-state index is 12.1. The Morgan fingerprint density at radius 1 is 1.53 bits per heavy atom. The molecule has 19 heavy (non-hydrogen) atoms. The van der Waals surface area contributed by atoms with E-state index in [9.17, 15) is 4.79 Å². The van der Waals surface area contributed by atoms with E-state index >= 15 is 0 Å². The first-order valence-corrected chi connectivity index (χ1v) is 6.87. The number of rotatable bonds is 3. The molecule has 100 valence electrons. The molecule has 0 fully saturated rings. The van der Waals surface area contributed by atoms with Crippen molar-refractivity contribution in [2.75, 3.05) is 0 Å². The molecule has 2 aromatic rings. The van der Waals surface area contributed by atoms with Crippen LogP contribution < -0.4 is 5.32 Å². The number of hydrogen-bond donors (Lipinski definition) is 1. The van der Waals surface area contributed by atoms with Crippen molar-refractivity contribution >= 4 is 33.4 Å². The summed E-state index contributed by atoms with van der Waals surface area (Å²) >= 11 is 9.18. The Morgan fingerprint density at radius 2 is 2.26 bits per heavy atom. The topological polar surface area (TPSA) is 46.9 Å². The molecule has 0 saturated carbocycles. The molecule has 0 radical (unpaired) electrons. The van der Waals surface area contributed by atoms with Gasteiger partial charge in [-0.1, -0.05) is 11.6 Å². The third kappa shape index (κ3) is 3.36. The van der Waals surface area contributed by atoms with Crippen molar-refractivity contribution in [3.63, 3.8) is 0 Å². The second-order valence-electron chi connectivity index (χ2n) is 4.22. The Hall–Kier alpha value is -1.33. The molecular formula is C13H13BrClN3O. The van der Waals surface area contributed by atoms with Crippen LogP contribution in [0, 0.1) is 6.92 Å². The fraction of sp³-hybridized carbons (Fsp3) is 0.231. The van der Waals surface area contributed by atoms with E-state index in [0.717, 1.165) is 11.3 Å². The number of nitrogens with zero attached hydrogens (tertiary/aromatic N) is 2. The molecule has 1 aromatic heterocycles. The lowest BCUT2D eigenvalue weighted by molar-refractivity contribution is 0.0950. The second-order valence-corrected chi connectivity index (χ2v) is 5.51. The number of amides is 1. The molecule has 0 unspecified atom stereocenters. The third-order valence-corrected chi connectivity index (χ3v) is 3.62.